The van der Waals surface area contributed by atoms with Crippen LogP contribution in [0, 0.1) is 0 Å². The molecule has 0 unspecified atom stereocenters. The van der Waals surface area contributed by atoms with Crippen molar-refractivity contribution in [2.45, 2.75) is 25.4 Å². The Kier molecular flexibility index (Phi) is 7.19. The number of amides is 3. The van der Waals surface area contributed by atoms with Crippen LogP contribution in [0.5, 0.6) is 0 Å². The first kappa shape index (κ1) is 21.5. The first-order valence-corrected chi connectivity index (χ1v) is 10.1. The van der Waals surface area contributed by atoms with Crippen LogP contribution in [-0.2, 0) is 20.8 Å². The minimum atomic E-state index is -0.651. The predicted molar refractivity (Wildman–Crippen MR) is 114 cm³/mol. The van der Waals surface area contributed by atoms with Crippen LogP contribution in [0.2, 0.25) is 0 Å². The van der Waals surface area contributed by atoms with E-state index in [4.69, 9.17) is 5.73 Å². The summed E-state index contributed by atoms with van der Waals surface area (Å²) in [5.74, 6) is -0.931. The van der Waals surface area contributed by atoms with Gasteiger partial charge in [0.05, 0.1) is 13.1 Å². The average Bonchev–Trinajstić information content (AvgIpc) is 2.75. The van der Waals surface area contributed by atoms with E-state index in [1.165, 1.54) is 4.90 Å². The molecule has 0 radical (unpaired) electrons. The third kappa shape index (κ3) is 5.45. The molecule has 0 bridgehead atoms. The fourth-order valence-corrected chi connectivity index (χ4v) is 3.72. The molecular formula is C23H28N4O3. The number of carbonyl (C=O) groups is 3. The van der Waals surface area contributed by atoms with Crippen molar-refractivity contribution >= 4 is 17.7 Å². The van der Waals surface area contributed by atoms with Crippen LogP contribution in [0.15, 0.2) is 60.7 Å². The van der Waals surface area contributed by atoms with Crippen molar-refractivity contribution < 1.29 is 14.4 Å². The zero-order chi connectivity index (χ0) is 21.5. The minimum absolute atomic E-state index is 0.00887. The summed E-state index contributed by atoms with van der Waals surface area (Å²) >= 11 is 0. The van der Waals surface area contributed by atoms with E-state index in [0.717, 1.165) is 11.1 Å². The summed E-state index contributed by atoms with van der Waals surface area (Å²) in [6.07, 6.45) is 0.398. The molecule has 1 heterocycles. The van der Waals surface area contributed by atoms with Crippen molar-refractivity contribution in [2.24, 2.45) is 5.73 Å². The van der Waals surface area contributed by atoms with Gasteiger partial charge in [0, 0.05) is 25.6 Å². The van der Waals surface area contributed by atoms with Crippen molar-refractivity contribution in [3.05, 3.63) is 71.8 Å². The topological polar surface area (TPSA) is 95.7 Å². The fourth-order valence-electron chi connectivity index (χ4n) is 3.72. The van der Waals surface area contributed by atoms with E-state index in [2.05, 4.69) is 5.32 Å². The van der Waals surface area contributed by atoms with Gasteiger partial charge in [0.25, 0.3) is 0 Å². The summed E-state index contributed by atoms with van der Waals surface area (Å²) in [5.41, 5.74) is 7.34. The lowest BCUT2D eigenvalue weighted by Crippen LogP contribution is -2.61. The Labute approximate surface area is 176 Å². The Balaban J connectivity index is 1.70. The van der Waals surface area contributed by atoms with Crippen LogP contribution in [0.3, 0.4) is 0 Å². The van der Waals surface area contributed by atoms with Crippen LogP contribution < -0.4 is 11.1 Å². The monoisotopic (exact) mass is 408 g/mol. The van der Waals surface area contributed by atoms with Crippen LogP contribution in [0.25, 0.3) is 0 Å². The third-order valence-corrected chi connectivity index (χ3v) is 5.38. The molecule has 0 aromatic heterocycles. The number of hydrogen-bond acceptors (Lipinski definition) is 4. The van der Waals surface area contributed by atoms with Gasteiger partial charge in [-0.1, -0.05) is 60.7 Å². The molecule has 1 saturated heterocycles. The number of carbonyl (C=O) groups excluding carboxylic acids is 3. The Bertz CT molecular complexity index is 873. The average molecular weight is 409 g/mol. The van der Waals surface area contributed by atoms with E-state index in [9.17, 15) is 14.4 Å². The quantitative estimate of drug-likeness (QED) is 0.684. The minimum Gasteiger partial charge on any atom is -0.368 e. The number of nitrogens with zero attached hydrogens (tertiary/aromatic N) is 2. The van der Waals surface area contributed by atoms with Crippen LogP contribution in [-0.4, -0.2) is 59.7 Å². The van der Waals surface area contributed by atoms with Gasteiger partial charge in [0.2, 0.25) is 17.7 Å². The molecule has 0 saturated carbocycles. The largest absolute Gasteiger partial charge is 0.368 e. The molecule has 30 heavy (non-hydrogen) atoms. The Morgan fingerprint density at radius 3 is 2.33 bits per heavy atom. The number of primary amides is 1. The molecule has 0 aliphatic carbocycles. The Morgan fingerprint density at radius 1 is 1.07 bits per heavy atom. The van der Waals surface area contributed by atoms with Gasteiger partial charge in [0.1, 0.15) is 6.04 Å². The van der Waals surface area contributed by atoms with Gasteiger partial charge in [-0.05, 0) is 18.1 Å². The van der Waals surface area contributed by atoms with Crippen molar-refractivity contribution in [2.75, 3.05) is 26.2 Å². The summed E-state index contributed by atoms with van der Waals surface area (Å²) < 4.78 is 0. The van der Waals surface area contributed by atoms with Gasteiger partial charge < -0.3 is 20.9 Å². The second-order valence-electron chi connectivity index (χ2n) is 7.53. The summed E-state index contributed by atoms with van der Waals surface area (Å²) in [5, 5.41) is 3.25. The number of piperazine rings is 1. The molecule has 2 aromatic carbocycles. The molecule has 1 aliphatic rings. The van der Waals surface area contributed by atoms with E-state index in [0.29, 0.717) is 19.5 Å². The lowest BCUT2D eigenvalue weighted by molar-refractivity contribution is -0.152. The molecule has 2 aromatic rings. The van der Waals surface area contributed by atoms with E-state index in [1.54, 1.807) is 4.90 Å². The van der Waals surface area contributed by atoms with Gasteiger partial charge in [-0.15, -0.1) is 0 Å². The van der Waals surface area contributed by atoms with Crippen LogP contribution >= 0.6 is 0 Å². The highest BCUT2D eigenvalue weighted by atomic mass is 16.2. The van der Waals surface area contributed by atoms with E-state index in [-0.39, 0.29) is 30.9 Å². The SMILES string of the molecule is C[C@@H](NCC(=O)N1CCN(CC(N)=O)C(=O)[C@@H]1Cc1ccccc1)c1ccccc1. The smallest absolute Gasteiger partial charge is 0.246 e. The highest BCUT2D eigenvalue weighted by Crippen LogP contribution is 2.17. The molecule has 1 fully saturated rings. The third-order valence-electron chi connectivity index (χ3n) is 5.38. The first-order chi connectivity index (χ1) is 14.5. The summed E-state index contributed by atoms with van der Waals surface area (Å²) in [6.45, 7) is 2.67. The highest BCUT2D eigenvalue weighted by Gasteiger charge is 2.37. The number of nitrogens with one attached hydrogen (secondary N) is 1. The van der Waals surface area contributed by atoms with Crippen molar-refractivity contribution in [1.29, 1.82) is 0 Å². The van der Waals surface area contributed by atoms with Crippen molar-refractivity contribution in [3.8, 4) is 0 Å². The molecule has 7 nitrogen and oxygen atoms in total. The van der Waals surface area contributed by atoms with Crippen LogP contribution in [0.1, 0.15) is 24.1 Å². The zero-order valence-electron chi connectivity index (χ0n) is 17.2. The van der Waals surface area contributed by atoms with Gasteiger partial charge >= 0.3 is 0 Å². The molecule has 3 N–H and O–H groups in total. The summed E-state index contributed by atoms with van der Waals surface area (Å²) in [4.78, 5) is 40.5. The molecule has 3 rings (SSSR count). The van der Waals surface area contributed by atoms with E-state index >= 15 is 0 Å². The molecule has 2 atom stereocenters. The number of hydrogen-bond donors (Lipinski definition) is 2. The van der Waals surface area contributed by atoms with Crippen molar-refractivity contribution in [1.82, 2.24) is 15.1 Å². The summed E-state index contributed by atoms with van der Waals surface area (Å²) in [6, 6.07) is 18.8. The lowest BCUT2D eigenvalue weighted by Gasteiger charge is -2.40. The Morgan fingerprint density at radius 2 is 1.70 bits per heavy atom. The number of benzene rings is 2. The summed E-state index contributed by atoms with van der Waals surface area (Å²) in [7, 11) is 0. The maximum Gasteiger partial charge on any atom is 0.246 e. The molecule has 0 spiro atoms. The van der Waals surface area contributed by atoms with Crippen LogP contribution in [0.4, 0.5) is 0 Å². The normalized spacial score (nSPS) is 17.6. The zero-order valence-corrected chi connectivity index (χ0v) is 17.2. The Hall–Kier alpha value is -3.19. The van der Waals surface area contributed by atoms with E-state index in [1.807, 2.05) is 67.6 Å². The van der Waals surface area contributed by atoms with Gasteiger partial charge in [-0.3, -0.25) is 14.4 Å². The standard InChI is InChI=1S/C23H28N4O3/c1-17(19-10-6-3-7-11-19)25-15-22(29)27-13-12-26(16-21(24)28)23(30)20(27)14-18-8-4-2-5-9-18/h2-11,17,20,25H,12-16H2,1H3,(H2,24,28)/t17-,20+/m1/s1. The van der Waals surface area contributed by atoms with Crippen molar-refractivity contribution in [3.63, 3.8) is 0 Å². The lowest BCUT2D eigenvalue weighted by atomic mass is 10.0. The van der Waals surface area contributed by atoms with Gasteiger partial charge in [0.15, 0.2) is 0 Å². The van der Waals surface area contributed by atoms with E-state index < -0.39 is 11.9 Å². The number of nitrogens with two attached hydrogens (primary N) is 1. The first-order valence-electron chi connectivity index (χ1n) is 10.1. The predicted octanol–water partition coefficient (Wildman–Crippen LogP) is 1.10. The molecule has 158 valence electrons. The maximum absolute atomic E-state index is 13.0. The molecule has 3 amide bonds. The van der Waals surface area contributed by atoms with Gasteiger partial charge in [-0.25, -0.2) is 0 Å². The number of rotatable bonds is 8. The molecular weight excluding hydrogens is 380 g/mol. The maximum atomic E-state index is 13.0. The van der Waals surface area contributed by atoms with Gasteiger partial charge in [-0.2, -0.15) is 0 Å². The second kappa shape index (κ2) is 10.0. The molecule has 1 aliphatic heterocycles. The second-order valence-corrected chi connectivity index (χ2v) is 7.53. The highest BCUT2D eigenvalue weighted by molar-refractivity contribution is 5.92. The fraction of sp³-hybridized carbons (Fsp3) is 0.348. The molecule has 7 heteroatoms.